The Balaban J connectivity index is 1.53. The van der Waals surface area contributed by atoms with Crippen molar-refractivity contribution in [3.05, 3.63) is 125 Å². The van der Waals surface area contributed by atoms with Crippen LogP contribution in [-0.4, -0.2) is 77.0 Å². The van der Waals surface area contributed by atoms with Gasteiger partial charge in [-0.15, -0.1) is 0 Å². The standard InChI is InChI=1S/C45H56N4O7/c1-6-9-26-53-30-38-41(54-27-10-7-2)44(4,55-28-11-8-3)40(56-38)37-29-36(43(50)51)39-42(46-31-47-49(37)39)48-45(32-18-14-12-15-19-32,33-20-16-13-17-21-33)34-22-24-35(52-5)25-23-34/h12-25,29,31,38,40-41H,6-11,26-28,30H2,1-5H3,(H,50,51)(H,46,47,48)/t38-,40+,41-,44+/m1/s1. The third kappa shape index (κ3) is 8.32. The third-order valence-electron chi connectivity index (χ3n) is 10.7. The largest absolute Gasteiger partial charge is 0.497 e. The maximum Gasteiger partial charge on any atom is 0.338 e. The minimum absolute atomic E-state index is 0.0264. The lowest BCUT2D eigenvalue weighted by atomic mass is 9.77. The van der Waals surface area contributed by atoms with E-state index in [-0.39, 0.29) is 5.56 Å². The summed E-state index contributed by atoms with van der Waals surface area (Å²) in [5.74, 6) is -0.0822. The van der Waals surface area contributed by atoms with E-state index in [9.17, 15) is 9.90 Å². The van der Waals surface area contributed by atoms with Gasteiger partial charge >= 0.3 is 5.97 Å². The normalized spacial score (nSPS) is 19.7. The Morgan fingerprint density at radius 3 is 2.09 bits per heavy atom. The Kier molecular flexibility index (Phi) is 13.8. The van der Waals surface area contributed by atoms with Crippen molar-refractivity contribution < 1.29 is 33.6 Å². The molecule has 1 saturated heterocycles. The highest BCUT2D eigenvalue weighted by molar-refractivity contribution is 6.00. The molecular weight excluding hydrogens is 709 g/mol. The SMILES string of the molecule is CCCCOC[C@H]1O[C@@H](c2cc(C(=O)O)c3c(NC(c4ccccc4)(c4ccccc4)c4ccc(OC)cc4)ncnn23)[C@](C)(OCCCC)[C@@H]1OCCCC. The number of carboxylic acids is 1. The molecule has 5 aromatic rings. The molecule has 0 aliphatic carbocycles. The number of ether oxygens (including phenoxy) is 5. The zero-order valence-electron chi connectivity index (χ0n) is 33.3. The first-order chi connectivity index (χ1) is 27.3. The van der Waals surface area contributed by atoms with Crippen LogP contribution in [0.2, 0.25) is 0 Å². The lowest BCUT2D eigenvalue weighted by Gasteiger charge is -2.37. The molecule has 3 aromatic carbocycles. The third-order valence-corrected chi connectivity index (χ3v) is 10.7. The molecule has 1 fully saturated rings. The molecule has 0 radical (unpaired) electrons. The van der Waals surface area contributed by atoms with Crippen LogP contribution in [0.5, 0.6) is 5.75 Å². The second-order valence-corrected chi connectivity index (χ2v) is 14.5. The van der Waals surface area contributed by atoms with Gasteiger partial charge in [-0.2, -0.15) is 5.10 Å². The van der Waals surface area contributed by atoms with E-state index >= 15 is 0 Å². The van der Waals surface area contributed by atoms with Crippen LogP contribution in [0.4, 0.5) is 5.82 Å². The summed E-state index contributed by atoms with van der Waals surface area (Å²) in [5, 5.41) is 19.4. The zero-order chi connectivity index (χ0) is 39.5. The molecule has 4 atom stereocenters. The molecule has 2 aromatic heterocycles. The number of hydrogen-bond acceptors (Lipinski definition) is 9. The number of carbonyl (C=O) groups is 1. The predicted octanol–water partition coefficient (Wildman–Crippen LogP) is 8.86. The fourth-order valence-corrected chi connectivity index (χ4v) is 7.68. The molecular formula is C45H56N4O7. The van der Waals surface area contributed by atoms with E-state index in [1.165, 1.54) is 6.33 Å². The molecule has 2 N–H and O–H groups in total. The van der Waals surface area contributed by atoms with E-state index in [1.807, 2.05) is 67.6 Å². The Hall–Kier alpha value is -4.81. The summed E-state index contributed by atoms with van der Waals surface area (Å²) in [6, 6.07) is 29.6. The predicted molar refractivity (Wildman–Crippen MR) is 217 cm³/mol. The van der Waals surface area contributed by atoms with Crippen LogP contribution in [-0.2, 0) is 24.5 Å². The summed E-state index contributed by atoms with van der Waals surface area (Å²) < 4.78 is 33.6. The summed E-state index contributed by atoms with van der Waals surface area (Å²) in [7, 11) is 1.64. The van der Waals surface area contributed by atoms with Crippen LogP contribution in [0.3, 0.4) is 0 Å². The van der Waals surface area contributed by atoms with Crippen molar-refractivity contribution in [1.29, 1.82) is 0 Å². The van der Waals surface area contributed by atoms with E-state index in [0.29, 0.717) is 49.2 Å². The molecule has 0 bridgehead atoms. The Morgan fingerprint density at radius 2 is 1.48 bits per heavy atom. The zero-order valence-corrected chi connectivity index (χ0v) is 33.3. The Bertz CT molecular complexity index is 1950. The number of carboxylic acid groups (broad SMARTS) is 1. The minimum atomic E-state index is -1.12. The molecule has 3 heterocycles. The Labute approximate surface area is 330 Å². The highest BCUT2D eigenvalue weighted by atomic mass is 16.6. The monoisotopic (exact) mass is 764 g/mol. The number of anilines is 1. The number of aromatic nitrogens is 3. The average molecular weight is 765 g/mol. The van der Waals surface area contributed by atoms with Gasteiger partial charge in [0, 0.05) is 19.8 Å². The number of nitrogens with zero attached hydrogens (tertiary/aromatic N) is 3. The summed E-state index contributed by atoms with van der Waals surface area (Å²) in [4.78, 5) is 18.1. The average Bonchev–Trinajstić information content (AvgIpc) is 3.75. The smallest absolute Gasteiger partial charge is 0.338 e. The lowest BCUT2D eigenvalue weighted by molar-refractivity contribution is -0.138. The number of benzene rings is 3. The van der Waals surface area contributed by atoms with Crippen molar-refractivity contribution in [2.75, 3.05) is 38.9 Å². The number of fused-ring (bicyclic) bond motifs is 1. The van der Waals surface area contributed by atoms with Crippen LogP contribution in [0.25, 0.3) is 5.52 Å². The topological polar surface area (TPSA) is 126 Å². The van der Waals surface area contributed by atoms with Gasteiger partial charge in [-0.05, 0) is 61.1 Å². The van der Waals surface area contributed by atoms with Gasteiger partial charge in [0.2, 0.25) is 0 Å². The highest BCUT2D eigenvalue weighted by Gasteiger charge is 2.57. The molecule has 0 spiro atoms. The molecule has 1 aliphatic heterocycles. The van der Waals surface area contributed by atoms with Crippen molar-refractivity contribution in [2.45, 2.75) is 95.7 Å². The lowest BCUT2D eigenvalue weighted by Crippen LogP contribution is -2.48. The molecule has 56 heavy (non-hydrogen) atoms. The van der Waals surface area contributed by atoms with Gasteiger partial charge < -0.3 is 34.1 Å². The molecule has 11 nitrogen and oxygen atoms in total. The molecule has 0 saturated carbocycles. The minimum Gasteiger partial charge on any atom is -0.497 e. The first-order valence-electron chi connectivity index (χ1n) is 19.9. The van der Waals surface area contributed by atoms with E-state index in [0.717, 1.165) is 55.2 Å². The van der Waals surface area contributed by atoms with Gasteiger partial charge in [-0.25, -0.2) is 14.3 Å². The van der Waals surface area contributed by atoms with Crippen molar-refractivity contribution in [3.63, 3.8) is 0 Å². The number of aromatic carboxylic acids is 1. The van der Waals surface area contributed by atoms with Gasteiger partial charge in [0.1, 0.15) is 47.0 Å². The highest BCUT2D eigenvalue weighted by Crippen LogP contribution is 2.48. The van der Waals surface area contributed by atoms with Gasteiger partial charge in [-0.1, -0.05) is 113 Å². The van der Waals surface area contributed by atoms with Gasteiger partial charge in [0.25, 0.3) is 0 Å². The summed E-state index contributed by atoms with van der Waals surface area (Å²) in [5.41, 5.74) is 1.57. The van der Waals surface area contributed by atoms with Crippen LogP contribution in [0.1, 0.15) is 105 Å². The molecule has 0 unspecified atom stereocenters. The fourth-order valence-electron chi connectivity index (χ4n) is 7.68. The number of unbranched alkanes of at least 4 members (excludes halogenated alkanes) is 3. The molecule has 6 rings (SSSR count). The van der Waals surface area contributed by atoms with Crippen LogP contribution in [0, 0.1) is 0 Å². The van der Waals surface area contributed by atoms with E-state index in [1.54, 1.807) is 17.7 Å². The van der Waals surface area contributed by atoms with Crippen molar-refractivity contribution in [2.24, 2.45) is 0 Å². The van der Waals surface area contributed by atoms with E-state index in [4.69, 9.17) is 33.8 Å². The Morgan fingerprint density at radius 1 is 0.875 bits per heavy atom. The van der Waals surface area contributed by atoms with Crippen LogP contribution < -0.4 is 10.1 Å². The molecule has 0 amide bonds. The van der Waals surface area contributed by atoms with Gasteiger partial charge in [0.05, 0.1) is 25.0 Å². The first-order valence-corrected chi connectivity index (χ1v) is 19.9. The van der Waals surface area contributed by atoms with Crippen molar-refractivity contribution in [1.82, 2.24) is 14.6 Å². The summed E-state index contributed by atoms with van der Waals surface area (Å²) >= 11 is 0. The number of methoxy groups -OCH3 is 1. The molecule has 1 aliphatic rings. The summed E-state index contributed by atoms with van der Waals surface area (Å²) in [6.07, 6.45) is 5.37. The second kappa shape index (κ2) is 18.9. The van der Waals surface area contributed by atoms with Crippen LogP contribution >= 0.6 is 0 Å². The quantitative estimate of drug-likeness (QED) is 0.0553. The van der Waals surface area contributed by atoms with Gasteiger partial charge in [-0.3, -0.25) is 0 Å². The maximum atomic E-state index is 13.3. The first kappa shape index (κ1) is 40.8. The van der Waals surface area contributed by atoms with Crippen molar-refractivity contribution >= 4 is 17.3 Å². The van der Waals surface area contributed by atoms with Gasteiger partial charge in [0.15, 0.2) is 5.82 Å². The fraction of sp³-hybridized carbons (Fsp3) is 0.444. The number of rotatable bonds is 21. The molecule has 298 valence electrons. The number of nitrogens with one attached hydrogen (secondary N) is 1. The van der Waals surface area contributed by atoms with E-state index in [2.05, 4.69) is 50.4 Å². The van der Waals surface area contributed by atoms with Crippen molar-refractivity contribution in [3.8, 4) is 5.75 Å². The maximum absolute atomic E-state index is 13.3. The van der Waals surface area contributed by atoms with E-state index < -0.39 is 35.4 Å². The number of hydrogen-bond donors (Lipinski definition) is 2. The van der Waals surface area contributed by atoms with Crippen LogP contribution in [0.15, 0.2) is 97.3 Å². The molecule has 11 heteroatoms. The summed E-state index contributed by atoms with van der Waals surface area (Å²) in [6.45, 7) is 10.3. The second-order valence-electron chi connectivity index (χ2n) is 14.5.